The second-order valence-electron chi connectivity index (χ2n) is 6.94. The normalized spacial score (nSPS) is 25.9. The van der Waals surface area contributed by atoms with E-state index >= 15 is 0 Å². The molecule has 1 aliphatic heterocycles. The Labute approximate surface area is 108 Å². The van der Waals surface area contributed by atoms with Gasteiger partial charge in [-0.25, -0.2) is 0 Å². The summed E-state index contributed by atoms with van der Waals surface area (Å²) in [6.45, 7) is 12.9. The van der Waals surface area contributed by atoms with Crippen molar-refractivity contribution in [3.05, 3.63) is 0 Å². The van der Waals surface area contributed by atoms with Crippen LogP contribution in [0.1, 0.15) is 60.3 Å². The first kappa shape index (κ1) is 15.0. The Bertz CT molecular complexity index is 213. The summed E-state index contributed by atoms with van der Waals surface area (Å²) in [4.78, 5) is 2.55. The molecule has 0 aromatic carbocycles. The number of piperidine rings is 1. The van der Waals surface area contributed by atoms with Gasteiger partial charge in [0.05, 0.1) is 0 Å². The second-order valence-corrected chi connectivity index (χ2v) is 6.94. The van der Waals surface area contributed by atoms with Crippen molar-refractivity contribution in [2.24, 2.45) is 5.41 Å². The molecule has 1 rings (SSSR count). The van der Waals surface area contributed by atoms with Crippen LogP contribution in [0, 0.1) is 5.41 Å². The van der Waals surface area contributed by atoms with E-state index in [4.69, 9.17) is 0 Å². The molecule has 3 atom stereocenters. The third kappa shape index (κ3) is 4.59. The first-order chi connectivity index (χ1) is 7.82. The predicted molar refractivity (Wildman–Crippen MR) is 76.4 cm³/mol. The zero-order valence-electron chi connectivity index (χ0n) is 12.7. The van der Waals surface area contributed by atoms with Crippen molar-refractivity contribution in [2.75, 3.05) is 13.6 Å². The van der Waals surface area contributed by atoms with E-state index in [0.29, 0.717) is 17.5 Å². The molecule has 17 heavy (non-hydrogen) atoms. The number of nitrogens with zero attached hydrogens (tertiary/aromatic N) is 1. The van der Waals surface area contributed by atoms with Gasteiger partial charge in [-0.2, -0.15) is 0 Å². The van der Waals surface area contributed by atoms with Gasteiger partial charge in [0.15, 0.2) is 0 Å². The molecular weight excluding hydrogens is 208 g/mol. The topological polar surface area (TPSA) is 15.3 Å². The minimum absolute atomic E-state index is 0.364. The maximum absolute atomic E-state index is 3.66. The fourth-order valence-corrected chi connectivity index (χ4v) is 2.70. The molecular formula is C15H32N2. The molecule has 0 aromatic rings. The first-order valence-corrected chi connectivity index (χ1v) is 7.27. The summed E-state index contributed by atoms with van der Waals surface area (Å²) >= 11 is 0. The molecule has 2 heteroatoms. The maximum atomic E-state index is 3.66. The van der Waals surface area contributed by atoms with Gasteiger partial charge in [-0.05, 0) is 52.1 Å². The molecule has 0 aliphatic carbocycles. The van der Waals surface area contributed by atoms with Crippen LogP contribution in [-0.2, 0) is 0 Å². The lowest BCUT2D eigenvalue weighted by molar-refractivity contribution is 0.0930. The fourth-order valence-electron chi connectivity index (χ4n) is 2.70. The number of hydrogen-bond acceptors (Lipinski definition) is 2. The quantitative estimate of drug-likeness (QED) is 0.811. The Morgan fingerprint density at radius 1 is 1.24 bits per heavy atom. The van der Waals surface area contributed by atoms with Crippen LogP contribution in [0.5, 0.6) is 0 Å². The molecule has 3 unspecified atom stereocenters. The molecule has 0 amide bonds. The van der Waals surface area contributed by atoms with Crippen molar-refractivity contribution in [3.8, 4) is 0 Å². The largest absolute Gasteiger partial charge is 0.314 e. The molecule has 1 fully saturated rings. The van der Waals surface area contributed by atoms with E-state index in [1.165, 1.54) is 32.2 Å². The van der Waals surface area contributed by atoms with E-state index in [0.717, 1.165) is 6.04 Å². The summed E-state index contributed by atoms with van der Waals surface area (Å²) in [7, 11) is 2.28. The summed E-state index contributed by atoms with van der Waals surface area (Å²) in [5.74, 6) is 0. The van der Waals surface area contributed by atoms with Crippen LogP contribution in [0.15, 0.2) is 0 Å². The average molecular weight is 240 g/mol. The predicted octanol–water partition coefficient (Wildman–Crippen LogP) is 3.27. The van der Waals surface area contributed by atoms with Gasteiger partial charge in [0.2, 0.25) is 0 Å². The molecule has 0 aromatic heterocycles. The maximum Gasteiger partial charge on any atom is 0.0115 e. The van der Waals surface area contributed by atoms with Gasteiger partial charge in [-0.3, -0.25) is 0 Å². The van der Waals surface area contributed by atoms with E-state index < -0.39 is 0 Å². The summed E-state index contributed by atoms with van der Waals surface area (Å²) in [5.41, 5.74) is 0.364. The van der Waals surface area contributed by atoms with Crippen LogP contribution in [-0.4, -0.2) is 36.6 Å². The third-order valence-corrected chi connectivity index (χ3v) is 4.60. The molecule has 102 valence electrons. The van der Waals surface area contributed by atoms with Crippen LogP contribution < -0.4 is 5.32 Å². The smallest absolute Gasteiger partial charge is 0.0115 e. The minimum Gasteiger partial charge on any atom is -0.314 e. The van der Waals surface area contributed by atoms with Crippen molar-refractivity contribution < 1.29 is 0 Å². The Morgan fingerprint density at radius 3 is 2.35 bits per heavy atom. The van der Waals surface area contributed by atoms with Gasteiger partial charge in [0.1, 0.15) is 0 Å². The highest BCUT2D eigenvalue weighted by Gasteiger charge is 2.28. The summed E-state index contributed by atoms with van der Waals surface area (Å²) in [5, 5.41) is 3.66. The molecule has 1 N–H and O–H groups in total. The standard InChI is InChI=1S/C15H32N2/c1-12(11-14-9-7-8-10-16-14)17(6)13(2)15(3,4)5/h12-14,16H,7-11H2,1-6H3. The van der Waals surface area contributed by atoms with E-state index in [-0.39, 0.29) is 0 Å². The fraction of sp³-hybridized carbons (Fsp3) is 1.00. The summed E-state index contributed by atoms with van der Waals surface area (Å²) in [6.07, 6.45) is 5.42. The molecule has 1 saturated heterocycles. The lowest BCUT2D eigenvalue weighted by atomic mass is 9.86. The highest BCUT2D eigenvalue weighted by molar-refractivity contribution is 4.83. The van der Waals surface area contributed by atoms with Crippen LogP contribution in [0.25, 0.3) is 0 Å². The zero-order valence-corrected chi connectivity index (χ0v) is 12.7. The van der Waals surface area contributed by atoms with Crippen molar-refractivity contribution in [2.45, 2.75) is 78.4 Å². The highest BCUT2D eigenvalue weighted by Crippen LogP contribution is 2.26. The Morgan fingerprint density at radius 2 is 1.88 bits per heavy atom. The van der Waals surface area contributed by atoms with Gasteiger partial charge in [0.25, 0.3) is 0 Å². The van der Waals surface area contributed by atoms with Crippen LogP contribution in [0.3, 0.4) is 0 Å². The highest BCUT2D eigenvalue weighted by atomic mass is 15.2. The second kappa shape index (κ2) is 6.19. The van der Waals surface area contributed by atoms with E-state index in [1.54, 1.807) is 0 Å². The Balaban J connectivity index is 2.42. The van der Waals surface area contributed by atoms with Gasteiger partial charge in [-0.15, -0.1) is 0 Å². The molecule has 0 bridgehead atoms. The van der Waals surface area contributed by atoms with Crippen LogP contribution in [0.2, 0.25) is 0 Å². The van der Waals surface area contributed by atoms with Gasteiger partial charge in [-0.1, -0.05) is 27.2 Å². The monoisotopic (exact) mass is 240 g/mol. The number of rotatable bonds is 4. The summed E-state index contributed by atoms with van der Waals surface area (Å²) < 4.78 is 0. The Hall–Kier alpha value is -0.0800. The molecule has 0 spiro atoms. The van der Waals surface area contributed by atoms with Gasteiger partial charge < -0.3 is 10.2 Å². The van der Waals surface area contributed by atoms with Crippen molar-refractivity contribution in [1.82, 2.24) is 10.2 Å². The SMILES string of the molecule is CC(CC1CCCCN1)N(C)C(C)C(C)(C)C. The molecule has 2 nitrogen and oxygen atoms in total. The zero-order chi connectivity index (χ0) is 13.1. The van der Waals surface area contributed by atoms with Gasteiger partial charge in [0, 0.05) is 18.1 Å². The average Bonchev–Trinajstić information content (AvgIpc) is 2.27. The lowest BCUT2D eigenvalue weighted by Crippen LogP contribution is -2.47. The van der Waals surface area contributed by atoms with Gasteiger partial charge >= 0.3 is 0 Å². The minimum atomic E-state index is 0.364. The van der Waals surface area contributed by atoms with Crippen LogP contribution in [0.4, 0.5) is 0 Å². The number of nitrogens with one attached hydrogen (secondary N) is 1. The van der Waals surface area contributed by atoms with Crippen molar-refractivity contribution >= 4 is 0 Å². The first-order valence-electron chi connectivity index (χ1n) is 7.27. The molecule has 0 radical (unpaired) electrons. The van der Waals surface area contributed by atoms with E-state index in [2.05, 4.69) is 51.9 Å². The van der Waals surface area contributed by atoms with Crippen molar-refractivity contribution in [3.63, 3.8) is 0 Å². The molecule has 1 heterocycles. The molecule has 0 saturated carbocycles. The lowest BCUT2D eigenvalue weighted by Gasteiger charge is -2.40. The van der Waals surface area contributed by atoms with Crippen molar-refractivity contribution in [1.29, 1.82) is 0 Å². The summed E-state index contributed by atoms with van der Waals surface area (Å²) in [6, 6.07) is 2.04. The Kier molecular flexibility index (Phi) is 5.46. The molecule has 1 aliphatic rings. The van der Waals surface area contributed by atoms with Crippen LogP contribution >= 0.6 is 0 Å². The van der Waals surface area contributed by atoms with E-state index in [9.17, 15) is 0 Å². The van der Waals surface area contributed by atoms with E-state index in [1.807, 2.05) is 0 Å². The number of hydrogen-bond donors (Lipinski definition) is 1. The third-order valence-electron chi connectivity index (χ3n) is 4.60.